The van der Waals surface area contributed by atoms with E-state index in [9.17, 15) is 14.7 Å². The maximum absolute atomic E-state index is 12.1. The molecule has 1 aliphatic rings. The molecular formula is C14H24O4. The zero-order valence-corrected chi connectivity index (χ0v) is 11.6. The molecule has 1 N–H and O–H groups in total. The van der Waals surface area contributed by atoms with Gasteiger partial charge in [-0.05, 0) is 39.0 Å². The third-order valence-corrected chi connectivity index (χ3v) is 3.87. The molecular weight excluding hydrogens is 232 g/mol. The van der Waals surface area contributed by atoms with Gasteiger partial charge in [-0.3, -0.25) is 9.59 Å². The maximum atomic E-state index is 12.1. The van der Waals surface area contributed by atoms with Crippen LogP contribution < -0.4 is 0 Å². The van der Waals surface area contributed by atoms with Gasteiger partial charge in [0, 0.05) is 0 Å². The summed E-state index contributed by atoms with van der Waals surface area (Å²) in [5.41, 5.74) is -0.584. The van der Waals surface area contributed by atoms with Crippen LogP contribution in [0.4, 0.5) is 0 Å². The summed E-state index contributed by atoms with van der Waals surface area (Å²) in [5, 5.41) is 9.26. The smallest absolute Gasteiger partial charge is 0.321 e. The van der Waals surface area contributed by atoms with Gasteiger partial charge >= 0.3 is 11.9 Å². The van der Waals surface area contributed by atoms with E-state index in [2.05, 4.69) is 0 Å². The van der Waals surface area contributed by atoms with Gasteiger partial charge in [-0.15, -0.1) is 0 Å². The maximum Gasteiger partial charge on any atom is 0.321 e. The molecule has 0 saturated heterocycles. The quantitative estimate of drug-likeness (QED) is 0.606. The van der Waals surface area contributed by atoms with E-state index in [0.717, 1.165) is 32.1 Å². The number of esters is 1. The minimum Gasteiger partial charge on any atom is -0.481 e. The fourth-order valence-electron chi connectivity index (χ4n) is 2.37. The van der Waals surface area contributed by atoms with Crippen LogP contribution in [0.15, 0.2) is 0 Å². The van der Waals surface area contributed by atoms with Gasteiger partial charge in [0.2, 0.25) is 0 Å². The number of carboxylic acid groups (broad SMARTS) is 1. The van der Waals surface area contributed by atoms with Crippen LogP contribution in [0.5, 0.6) is 0 Å². The molecule has 0 radical (unpaired) electrons. The van der Waals surface area contributed by atoms with Crippen LogP contribution in [0.1, 0.15) is 59.3 Å². The molecule has 1 aliphatic carbocycles. The minimum absolute atomic E-state index is 0.0589. The second kappa shape index (κ2) is 6.21. The Morgan fingerprint density at radius 2 is 1.83 bits per heavy atom. The highest BCUT2D eigenvalue weighted by atomic mass is 16.6. The van der Waals surface area contributed by atoms with Gasteiger partial charge in [-0.1, -0.05) is 26.2 Å². The molecule has 1 rings (SSSR count). The van der Waals surface area contributed by atoms with Gasteiger partial charge in [0.15, 0.2) is 5.92 Å². The molecule has 1 atom stereocenters. The Morgan fingerprint density at radius 1 is 1.28 bits per heavy atom. The van der Waals surface area contributed by atoms with Crippen LogP contribution in [0.25, 0.3) is 0 Å². The number of ether oxygens (including phenoxy) is 1. The van der Waals surface area contributed by atoms with E-state index >= 15 is 0 Å². The van der Waals surface area contributed by atoms with Crippen LogP contribution >= 0.6 is 0 Å². The number of carboxylic acids is 1. The molecule has 0 aliphatic heterocycles. The second-order valence-electron chi connectivity index (χ2n) is 5.75. The third kappa shape index (κ3) is 4.00. The molecule has 18 heavy (non-hydrogen) atoms. The van der Waals surface area contributed by atoms with Gasteiger partial charge in [0.1, 0.15) is 5.60 Å². The van der Waals surface area contributed by atoms with Gasteiger partial charge in [-0.2, -0.15) is 0 Å². The van der Waals surface area contributed by atoms with Crippen molar-refractivity contribution in [3.63, 3.8) is 0 Å². The van der Waals surface area contributed by atoms with Gasteiger partial charge in [0.25, 0.3) is 0 Å². The van der Waals surface area contributed by atoms with Crippen molar-refractivity contribution in [2.45, 2.75) is 64.9 Å². The summed E-state index contributed by atoms with van der Waals surface area (Å²) in [6.45, 7) is 5.54. The van der Waals surface area contributed by atoms with Crippen LogP contribution in [0, 0.1) is 11.8 Å². The van der Waals surface area contributed by atoms with Crippen LogP contribution in [0.2, 0.25) is 0 Å². The zero-order valence-electron chi connectivity index (χ0n) is 11.6. The van der Waals surface area contributed by atoms with Crippen LogP contribution in [-0.4, -0.2) is 22.6 Å². The molecule has 0 amide bonds. The predicted molar refractivity (Wildman–Crippen MR) is 68.2 cm³/mol. The van der Waals surface area contributed by atoms with Gasteiger partial charge in [-0.25, -0.2) is 0 Å². The number of carbonyl (C=O) groups is 2. The Morgan fingerprint density at radius 3 is 2.28 bits per heavy atom. The Labute approximate surface area is 109 Å². The van der Waals surface area contributed by atoms with Crippen LogP contribution in [-0.2, 0) is 14.3 Å². The Balaban J connectivity index is 2.72. The standard InChI is InChI=1S/C14H24O4/c1-4-14(2,3)18-13(17)11(12(15)16)10-8-6-5-7-9-10/h10-11H,4-9H2,1-3H3,(H,15,16). The molecule has 0 aromatic carbocycles. The summed E-state index contributed by atoms with van der Waals surface area (Å²) in [6.07, 6.45) is 5.48. The average molecular weight is 256 g/mol. The summed E-state index contributed by atoms with van der Waals surface area (Å²) >= 11 is 0. The first-order valence-corrected chi connectivity index (χ1v) is 6.83. The molecule has 1 saturated carbocycles. The Bertz CT molecular complexity index is 303. The molecule has 0 bridgehead atoms. The van der Waals surface area contributed by atoms with Crippen molar-refractivity contribution in [2.75, 3.05) is 0 Å². The largest absolute Gasteiger partial charge is 0.481 e. The number of hydrogen-bond donors (Lipinski definition) is 1. The summed E-state index contributed by atoms with van der Waals surface area (Å²) < 4.78 is 5.34. The van der Waals surface area contributed by atoms with E-state index in [4.69, 9.17) is 4.74 Å². The monoisotopic (exact) mass is 256 g/mol. The topological polar surface area (TPSA) is 63.6 Å². The minimum atomic E-state index is -1.04. The van der Waals surface area contributed by atoms with E-state index < -0.39 is 23.5 Å². The summed E-state index contributed by atoms with van der Waals surface area (Å²) in [7, 11) is 0. The lowest BCUT2D eigenvalue weighted by Crippen LogP contribution is -2.38. The van der Waals surface area contributed by atoms with Crippen molar-refractivity contribution in [3.05, 3.63) is 0 Å². The van der Waals surface area contributed by atoms with Crippen LogP contribution in [0.3, 0.4) is 0 Å². The lowest BCUT2D eigenvalue weighted by molar-refractivity contribution is -0.171. The van der Waals surface area contributed by atoms with E-state index in [-0.39, 0.29) is 5.92 Å². The molecule has 4 nitrogen and oxygen atoms in total. The van der Waals surface area contributed by atoms with E-state index in [1.165, 1.54) is 0 Å². The highest BCUT2D eigenvalue weighted by Gasteiger charge is 2.38. The van der Waals surface area contributed by atoms with Gasteiger partial charge in [0.05, 0.1) is 0 Å². The fraction of sp³-hybridized carbons (Fsp3) is 0.857. The van der Waals surface area contributed by atoms with Crippen molar-refractivity contribution in [2.24, 2.45) is 11.8 Å². The number of rotatable bonds is 5. The molecule has 1 unspecified atom stereocenters. The fourth-order valence-corrected chi connectivity index (χ4v) is 2.37. The molecule has 0 aromatic rings. The van der Waals surface area contributed by atoms with Crippen molar-refractivity contribution in [1.29, 1.82) is 0 Å². The van der Waals surface area contributed by atoms with Gasteiger partial charge < -0.3 is 9.84 Å². The zero-order chi connectivity index (χ0) is 13.8. The van der Waals surface area contributed by atoms with Crippen molar-refractivity contribution in [1.82, 2.24) is 0 Å². The third-order valence-electron chi connectivity index (χ3n) is 3.87. The molecule has 0 heterocycles. The Hall–Kier alpha value is -1.06. The van der Waals surface area contributed by atoms with Crippen molar-refractivity contribution in [3.8, 4) is 0 Å². The first kappa shape index (κ1) is 15.0. The highest BCUT2D eigenvalue weighted by molar-refractivity contribution is 5.94. The molecule has 104 valence electrons. The van der Waals surface area contributed by atoms with Crippen molar-refractivity contribution < 1.29 is 19.4 Å². The molecule has 1 fully saturated rings. The summed E-state index contributed by atoms with van der Waals surface area (Å²) in [6, 6.07) is 0. The normalized spacial score (nSPS) is 19.3. The summed E-state index contributed by atoms with van der Waals surface area (Å²) in [4.78, 5) is 23.4. The number of aliphatic carboxylic acids is 1. The lowest BCUT2D eigenvalue weighted by atomic mass is 9.80. The summed E-state index contributed by atoms with van der Waals surface area (Å²) in [5.74, 6) is -2.66. The predicted octanol–water partition coefficient (Wildman–Crippen LogP) is 3.00. The van der Waals surface area contributed by atoms with E-state index in [1.54, 1.807) is 0 Å². The van der Waals surface area contributed by atoms with E-state index in [0.29, 0.717) is 6.42 Å². The highest BCUT2D eigenvalue weighted by Crippen LogP contribution is 2.32. The number of hydrogen-bond acceptors (Lipinski definition) is 3. The average Bonchev–Trinajstić information content (AvgIpc) is 2.29. The molecule has 4 heteroatoms. The second-order valence-corrected chi connectivity index (χ2v) is 5.75. The SMILES string of the molecule is CCC(C)(C)OC(=O)C(C(=O)O)C1CCCCC1. The molecule has 0 aromatic heterocycles. The van der Waals surface area contributed by atoms with Crippen molar-refractivity contribution >= 4 is 11.9 Å². The lowest BCUT2D eigenvalue weighted by Gasteiger charge is -2.30. The first-order valence-electron chi connectivity index (χ1n) is 6.83. The van der Waals surface area contributed by atoms with E-state index in [1.807, 2.05) is 20.8 Å². The first-order chi connectivity index (χ1) is 8.37. The number of carbonyl (C=O) groups excluding carboxylic acids is 1. The molecule has 0 spiro atoms. The Kier molecular flexibility index (Phi) is 5.17.